The van der Waals surface area contributed by atoms with Crippen LogP contribution in [0.2, 0.25) is 0 Å². The standard InChI is InChI=1S/C23H25NO3.C4H10.CH4O/c1-16(2)22(17(3)26)24-23(27)21-13-11-20(12-14-21)19-9-7-18(8-10-19)6-4-5-15-25;1-3-4-2;1-2/h7-15,22H,1,4-6H2,2-3H3,(H,24,27);3-4H2,1-2H3;2H,1H3. The fourth-order valence-electron chi connectivity index (χ4n) is 2.85. The molecule has 0 bridgehead atoms. The molecule has 33 heavy (non-hydrogen) atoms. The molecule has 5 nitrogen and oxygen atoms in total. The molecule has 1 unspecified atom stereocenters. The van der Waals surface area contributed by atoms with Crippen LogP contribution in [0.5, 0.6) is 0 Å². The predicted octanol–water partition coefficient (Wildman–Crippen LogP) is 5.55. The average molecular weight is 454 g/mol. The molecule has 1 amide bonds. The van der Waals surface area contributed by atoms with Crippen molar-refractivity contribution >= 4 is 18.0 Å². The number of unbranched alkanes of at least 4 members (excludes halogenated alkanes) is 2. The summed E-state index contributed by atoms with van der Waals surface area (Å²) in [5.41, 5.74) is 4.38. The number of amides is 1. The quantitative estimate of drug-likeness (QED) is 0.280. The summed E-state index contributed by atoms with van der Waals surface area (Å²) in [4.78, 5) is 34.3. The number of carbonyl (C=O) groups excluding carboxylic acids is 3. The van der Waals surface area contributed by atoms with Gasteiger partial charge in [-0.1, -0.05) is 75.2 Å². The van der Waals surface area contributed by atoms with Crippen LogP contribution in [0.4, 0.5) is 0 Å². The molecule has 0 fully saturated rings. The van der Waals surface area contributed by atoms with E-state index in [1.54, 1.807) is 19.1 Å². The molecule has 5 heteroatoms. The summed E-state index contributed by atoms with van der Waals surface area (Å²) in [5, 5.41) is 9.71. The second-order valence-corrected chi connectivity index (χ2v) is 7.70. The number of nitrogens with one attached hydrogen (secondary N) is 1. The first kappa shape index (κ1) is 29.9. The maximum atomic E-state index is 12.4. The Labute approximate surface area is 198 Å². The van der Waals surface area contributed by atoms with E-state index in [-0.39, 0.29) is 11.7 Å². The van der Waals surface area contributed by atoms with E-state index in [4.69, 9.17) is 5.11 Å². The maximum absolute atomic E-state index is 12.4. The highest BCUT2D eigenvalue weighted by Crippen LogP contribution is 2.21. The lowest BCUT2D eigenvalue weighted by Crippen LogP contribution is -2.40. The Kier molecular flexibility index (Phi) is 15.9. The molecule has 0 radical (unpaired) electrons. The highest BCUT2D eigenvalue weighted by atomic mass is 16.2. The summed E-state index contributed by atoms with van der Waals surface area (Å²) in [6.45, 7) is 11.3. The van der Waals surface area contributed by atoms with Gasteiger partial charge < -0.3 is 15.2 Å². The number of rotatable bonds is 10. The second-order valence-electron chi connectivity index (χ2n) is 7.70. The van der Waals surface area contributed by atoms with Gasteiger partial charge in [0.25, 0.3) is 5.91 Å². The molecule has 180 valence electrons. The van der Waals surface area contributed by atoms with Crippen molar-refractivity contribution in [1.82, 2.24) is 5.32 Å². The van der Waals surface area contributed by atoms with E-state index in [2.05, 4.69) is 37.9 Å². The van der Waals surface area contributed by atoms with Crippen LogP contribution in [0.1, 0.15) is 69.3 Å². The number of hydrogen-bond acceptors (Lipinski definition) is 4. The van der Waals surface area contributed by atoms with E-state index in [0.29, 0.717) is 17.6 Å². The van der Waals surface area contributed by atoms with Crippen LogP contribution in [0.3, 0.4) is 0 Å². The van der Waals surface area contributed by atoms with Gasteiger partial charge >= 0.3 is 0 Å². The normalized spacial score (nSPS) is 10.5. The second kappa shape index (κ2) is 17.5. The number of aliphatic hydroxyl groups is 1. The zero-order valence-corrected chi connectivity index (χ0v) is 20.7. The van der Waals surface area contributed by atoms with Gasteiger partial charge in [0.1, 0.15) is 12.3 Å². The van der Waals surface area contributed by atoms with Crippen molar-refractivity contribution < 1.29 is 19.5 Å². The number of hydrogen-bond donors (Lipinski definition) is 2. The van der Waals surface area contributed by atoms with E-state index < -0.39 is 6.04 Å². The molecule has 2 N–H and O–H groups in total. The Morgan fingerprint density at radius 3 is 1.82 bits per heavy atom. The van der Waals surface area contributed by atoms with Crippen LogP contribution in [-0.4, -0.2) is 36.2 Å². The van der Waals surface area contributed by atoms with Crippen molar-refractivity contribution in [3.8, 4) is 11.1 Å². The summed E-state index contributed by atoms with van der Waals surface area (Å²) in [5.74, 6) is -0.434. The van der Waals surface area contributed by atoms with Crippen LogP contribution in [-0.2, 0) is 16.0 Å². The van der Waals surface area contributed by atoms with Gasteiger partial charge in [-0.2, -0.15) is 0 Å². The van der Waals surface area contributed by atoms with Crippen LogP contribution in [0.15, 0.2) is 60.7 Å². The molecule has 0 saturated carbocycles. The van der Waals surface area contributed by atoms with Gasteiger partial charge in [-0.25, -0.2) is 0 Å². The highest BCUT2D eigenvalue weighted by Gasteiger charge is 2.18. The molecule has 0 aliphatic heterocycles. The number of carbonyl (C=O) groups is 3. The summed E-state index contributed by atoms with van der Waals surface area (Å²) in [6.07, 6.45) is 5.92. The first-order chi connectivity index (χ1) is 15.8. The Morgan fingerprint density at radius 1 is 0.939 bits per heavy atom. The molecule has 1 atom stereocenters. The number of aldehydes is 1. The molecule has 2 rings (SSSR count). The molecule has 0 aliphatic carbocycles. The van der Waals surface area contributed by atoms with Gasteiger partial charge in [0.05, 0.1) is 0 Å². The van der Waals surface area contributed by atoms with Crippen LogP contribution < -0.4 is 5.32 Å². The van der Waals surface area contributed by atoms with Crippen LogP contribution in [0, 0.1) is 0 Å². The third-order valence-electron chi connectivity index (χ3n) is 4.90. The maximum Gasteiger partial charge on any atom is 0.252 e. The summed E-state index contributed by atoms with van der Waals surface area (Å²) in [7, 11) is 1.00. The largest absolute Gasteiger partial charge is 0.400 e. The van der Waals surface area contributed by atoms with Gasteiger partial charge in [0, 0.05) is 19.1 Å². The minimum absolute atomic E-state index is 0.138. The molecular formula is C28H39NO4. The van der Waals surface area contributed by atoms with Crippen LogP contribution in [0.25, 0.3) is 11.1 Å². The Bertz CT molecular complexity index is 838. The molecule has 2 aromatic carbocycles. The molecule has 0 saturated heterocycles. The monoisotopic (exact) mass is 453 g/mol. The fraction of sp³-hybridized carbons (Fsp3) is 0.393. The summed E-state index contributed by atoms with van der Waals surface area (Å²) < 4.78 is 0. The number of aryl methyl sites for hydroxylation is 1. The summed E-state index contributed by atoms with van der Waals surface area (Å²) in [6, 6.07) is 14.8. The number of Topliss-reactive ketones (excluding diaryl/α,β-unsaturated/α-hetero) is 1. The van der Waals surface area contributed by atoms with E-state index in [1.165, 1.54) is 25.3 Å². The zero-order chi connectivity index (χ0) is 25.2. The number of aliphatic hydroxyl groups excluding tert-OH is 1. The smallest absolute Gasteiger partial charge is 0.252 e. The van der Waals surface area contributed by atoms with Gasteiger partial charge in [0.15, 0.2) is 5.78 Å². The van der Waals surface area contributed by atoms with E-state index in [1.807, 2.05) is 24.3 Å². The summed E-state index contributed by atoms with van der Waals surface area (Å²) >= 11 is 0. The van der Waals surface area contributed by atoms with Crippen LogP contribution >= 0.6 is 0 Å². The predicted molar refractivity (Wildman–Crippen MR) is 136 cm³/mol. The van der Waals surface area contributed by atoms with E-state index in [9.17, 15) is 14.4 Å². The molecule has 0 spiro atoms. The van der Waals surface area contributed by atoms with Crippen molar-refractivity contribution in [3.63, 3.8) is 0 Å². The molecule has 0 aliphatic rings. The molecular weight excluding hydrogens is 414 g/mol. The lowest BCUT2D eigenvalue weighted by molar-refractivity contribution is -0.118. The van der Waals surface area contributed by atoms with Gasteiger partial charge in [-0.3, -0.25) is 9.59 Å². The van der Waals surface area contributed by atoms with Crippen molar-refractivity contribution in [1.29, 1.82) is 0 Å². The van der Waals surface area contributed by atoms with Crippen molar-refractivity contribution in [2.24, 2.45) is 0 Å². The lowest BCUT2D eigenvalue weighted by atomic mass is 10.0. The average Bonchev–Trinajstić information content (AvgIpc) is 2.84. The third-order valence-corrected chi connectivity index (χ3v) is 4.90. The molecule has 0 heterocycles. The van der Waals surface area contributed by atoms with Crippen molar-refractivity contribution in [2.75, 3.05) is 7.11 Å². The fourth-order valence-corrected chi connectivity index (χ4v) is 2.85. The first-order valence-corrected chi connectivity index (χ1v) is 11.4. The minimum atomic E-state index is -0.663. The number of benzene rings is 2. The number of ketones is 1. The minimum Gasteiger partial charge on any atom is -0.400 e. The lowest BCUT2D eigenvalue weighted by Gasteiger charge is -2.16. The van der Waals surface area contributed by atoms with Gasteiger partial charge in [-0.05, 0) is 55.5 Å². The topological polar surface area (TPSA) is 83.5 Å². The first-order valence-electron chi connectivity index (χ1n) is 11.4. The van der Waals surface area contributed by atoms with Crippen molar-refractivity contribution in [2.45, 2.75) is 65.8 Å². The molecule has 0 aromatic heterocycles. The Balaban J connectivity index is 0.00000154. The Hall–Kier alpha value is -3.05. The Morgan fingerprint density at radius 2 is 1.42 bits per heavy atom. The SMILES string of the molecule is C=C(C)C(NC(=O)c1ccc(-c2ccc(CCCC=O)cc2)cc1)C(C)=O.CCCC.CO. The highest BCUT2D eigenvalue weighted by molar-refractivity contribution is 5.98. The zero-order valence-electron chi connectivity index (χ0n) is 20.7. The third kappa shape index (κ3) is 11.4. The van der Waals surface area contributed by atoms with Gasteiger partial charge in [-0.15, -0.1) is 0 Å². The molecule has 2 aromatic rings. The van der Waals surface area contributed by atoms with E-state index >= 15 is 0 Å². The van der Waals surface area contributed by atoms with Crippen molar-refractivity contribution in [3.05, 3.63) is 71.8 Å². The van der Waals surface area contributed by atoms with Gasteiger partial charge in [0.2, 0.25) is 0 Å². The van der Waals surface area contributed by atoms with E-state index in [0.717, 1.165) is 37.4 Å².